The Kier molecular flexibility index (Phi) is 5.21. The summed E-state index contributed by atoms with van der Waals surface area (Å²) < 4.78 is 10.0. The van der Waals surface area contributed by atoms with Crippen LogP contribution in [0.25, 0.3) is 22.6 Å². The second-order valence-electron chi connectivity index (χ2n) is 5.98. The van der Waals surface area contributed by atoms with Crippen molar-refractivity contribution in [3.63, 3.8) is 0 Å². The number of aromatic amines is 1. The number of carbonyl (C=O) groups excluding carboxylic acids is 1. The van der Waals surface area contributed by atoms with Crippen molar-refractivity contribution in [3.8, 4) is 28.4 Å². The Morgan fingerprint density at radius 2 is 1.89 bits per heavy atom. The van der Waals surface area contributed by atoms with E-state index in [1.807, 2.05) is 31.2 Å². The number of esters is 1. The number of aryl methyl sites for hydroxylation is 1. The average molecular weight is 364 g/mol. The molecule has 2 aromatic carbocycles. The molecular formula is C20H20N4O3. The number of aromatic nitrogens is 2. The molecule has 3 rings (SSSR count). The lowest BCUT2D eigenvalue weighted by Crippen LogP contribution is -2.13. The summed E-state index contributed by atoms with van der Waals surface area (Å²) in [6.07, 6.45) is 1.76. The van der Waals surface area contributed by atoms with E-state index in [1.54, 1.807) is 24.4 Å². The molecule has 0 aliphatic rings. The second kappa shape index (κ2) is 7.74. The highest BCUT2D eigenvalue weighted by atomic mass is 16.6. The van der Waals surface area contributed by atoms with Gasteiger partial charge >= 0.3 is 5.97 Å². The third kappa shape index (κ3) is 4.14. The predicted molar refractivity (Wildman–Crippen MR) is 103 cm³/mol. The van der Waals surface area contributed by atoms with Crippen LogP contribution in [0.1, 0.15) is 11.1 Å². The summed E-state index contributed by atoms with van der Waals surface area (Å²) in [4.78, 5) is 18.9. The van der Waals surface area contributed by atoms with E-state index in [-0.39, 0.29) is 12.4 Å². The highest BCUT2D eigenvalue weighted by molar-refractivity contribution is 5.95. The molecule has 7 heteroatoms. The molecule has 1 heterocycles. The molecule has 0 aliphatic carbocycles. The number of imidazole rings is 1. The molecule has 0 radical (unpaired) electrons. The van der Waals surface area contributed by atoms with Crippen LogP contribution in [0.15, 0.2) is 48.7 Å². The number of nitrogens with two attached hydrogens (primary N) is 1. The van der Waals surface area contributed by atoms with Crippen LogP contribution in [0.2, 0.25) is 0 Å². The van der Waals surface area contributed by atoms with E-state index in [0.29, 0.717) is 11.3 Å². The largest absolute Gasteiger partial charge is 0.482 e. The topological polar surface area (TPSA) is 114 Å². The molecule has 4 N–H and O–H groups in total. The van der Waals surface area contributed by atoms with Crippen LogP contribution in [0.5, 0.6) is 5.75 Å². The zero-order valence-corrected chi connectivity index (χ0v) is 15.1. The number of benzene rings is 2. The molecule has 0 amide bonds. The highest BCUT2D eigenvalue weighted by Crippen LogP contribution is 2.27. The molecule has 0 spiro atoms. The van der Waals surface area contributed by atoms with Gasteiger partial charge < -0.3 is 20.2 Å². The first-order chi connectivity index (χ1) is 13.0. The zero-order valence-electron chi connectivity index (χ0n) is 15.1. The first-order valence-corrected chi connectivity index (χ1v) is 8.28. The first kappa shape index (κ1) is 18.2. The van der Waals surface area contributed by atoms with Gasteiger partial charge in [-0.15, -0.1) is 0 Å². The fraction of sp³-hybridized carbons (Fsp3) is 0.150. The molecule has 3 aromatic rings. The van der Waals surface area contributed by atoms with E-state index < -0.39 is 5.97 Å². The monoisotopic (exact) mass is 364 g/mol. The van der Waals surface area contributed by atoms with E-state index in [2.05, 4.69) is 14.7 Å². The van der Waals surface area contributed by atoms with E-state index in [9.17, 15) is 4.79 Å². The lowest BCUT2D eigenvalue weighted by Gasteiger charge is -2.09. The van der Waals surface area contributed by atoms with Crippen LogP contribution in [-0.4, -0.2) is 35.5 Å². The quantitative estimate of drug-likeness (QED) is 0.353. The number of nitrogens with one attached hydrogen (secondary N) is 2. The number of methoxy groups -OCH3 is 1. The van der Waals surface area contributed by atoms with Crippen molar-refractivity contribution in [1.29, 1.82) is 5.41 Å². The number of amidine groups is 1. The Balaban J connectivity index is 1.78. The molecule has 7 nitrogen and oxygen atoms in total. The Morgan fingerprint density at radius 1 is 1.19 bits per heavy atom. The molecule has 27 heavy (non-hydrogen) atoms. The van der Waals surface area contributed by atoms with Gasteiger partial charge in [0.1, 0.15) is 17.4 Å². The molecule has 0 aliphatic heterocycles. The summed E-state index contributed by atoms with van der Waals surface area (Å²) in [5, 5.41) is 7.45. The average Bonchev–Trinajstić information content (AvgIpc) is 3.17. The van der Waals surface area contributed by atoms with Crippen molar-refractivity contribution >= 4 is 11.8 Å². The van der Waals surface area contributed by atoms with Gasteiger partial charge in [0, 0.05) is 11.1 Å². The van der Waals surface area contributed by atoms with E-state index in [1.165, 1.54) is 7.11 Å². The molecule has 0 saturated carbocycles. The summed E-state index contributed by atoms with van der Waals surface area (Å²) in [5.74, 6) is 0.959. The van der Waals surface area contributed by atoms with Gasteiger partial charge in [-0.1, -0.05) is 24.3 Å². The summed E-state index contributed by atoms with van der Waals surface area (Å²) >= 11 is 0. The normalized spacial score (nSPS) is 10.4. The van der Waals surface area contributed by atoms with Crippen molar-refractivity contribution in [2.45, 2.75) is 6.92 Å². The lowest BCUT2D eigenvalue weighted by atomic mass is 10.1. The number of nitrogens with zero attached hydrogens (tertiary/aromatic N) is 1. The second-order valence-corrected chi connectivity index (χ2v) is 5.98. The SMILES string of the molecule is COC(=O)COc1ccc(-c2ncc(-c3ccc(C(=N)N)cc3)[nH]2)cc1C. The predicted octanol–water partition coefficient (Wildman–Crippen LogP) is 2.89. The number of ether oxygens (including phenoxy) is 2. The summed E-state index contributed by atoms with van der Waals surface area (Å²) in [5.41, 5.74) is 9.77. The number of rotatable bonds is 6. The molecule has 0 fully saturated rings. The van der Waals surface area contributed by atoms with Gasteiger partial charge in [0.25, 0.3) is 0 Å². The Labute approximate surface area is 156 Å². The molecule has 0 saturated heterocycles. The van der Waals surface area contributed by atoms with Gasteiger partial charge in [-0.3, -0.25) is 5.41 Å². The van der Waals surface area contributed by atoms with Gasteiger partial charge in [0.15, 0.2) is 6.61 Å². The molecular weight excluding hydrogens is 344 g/mol. The Hall–Kier alpha value is -3.61. The third-order valence-corrected chi connectivity index (χ3v) is 4.10. The van der Waals surface area contributed by atoms with Crippen LogP contribution in [0.3, 0.4) is 0 Å². The van der Waals surface area contributed by atoms with Crippen molar-refractivity contribution in [2.24, 2.45) is 5.73 Å². The van der Waals surface area contributed by atoms with Crippen molar-refractivity contribution in [1.82, 2.24) is 9.97 Å². The molecule has 0 atom stereocenters. The van der Waals surface area contributed by atoms with Crippen molar-refractivity contribution in [2.75, 3.05) is 13.7 Å². The van der Waals surface area contributed by atoms with Gasteiger partial charge in [-0.25, -0.2) is 9.78 Å². The maximum absolute atomic E-state index is 11.2. The van der Waals surface area contributed by atoms with Gasteiger partial charge in [0.05, 0.1) is 19.0 Å². The van der Waals surface area contributed by atoms with E-state index in [0.717, 1.165) is 28.2 Å². The first-order valence-electron chi connectivity index (χ1n) is 8.28. The number of carbonyl (C=O) groups is 1. The highest BCUT2D eigenvalue weighted by Gasteiger charge is 2.10. The van der Waals surface area contributed by atoms with Crippen molar-refractivity contribution in [3.05, 3.63) is 59.8 Å². The van der Waals surface area contributed by atoms with Crippen LogP contribution < -0.4 is 10.5 Å². The fourth-order valence-corrected chi connectivity index (χ4v) is 2.60. The van der Waals surface area contributed by atoms with E-state index >= 15 is 0 Å². The van der Waals surface area contributed by atoms with E-state index in [4.69, 9.17) is 15.9 Å². The van der Waals surface area contributed by atoms with Crippen molar-refractivity contribution < 1.29 is 14.3 Å². The van der Waals surface area contributed by atoms with Crippen LogP contribution in [0, 0.1) is 12.3 Å². The molecule has 1 aromatic heterocycles. The maximum atomic E-state index is 11.2. The van der Waals surface area contributed by atoms with Crippen LogP contribution >= 0.6 is 0 Å². The third-order valence-electron chi connectivity index (χ3n) is 4.10. The standard InChI is InChI=1S/C20H20N4O3/c1-12-9-15(7-8-17(12)27-11-18(25)26-2)20-23-10-16(24-20)13-3-5-14(6-4-13)19(21)22/h3-10H,11H2,1-2H3,(H3,21,22)(H,23,24). The molecule has 0 bridgehead atoms. The summed E-state index contributed by atoms with van der Waals surface area (Å²) in [7, 11) is 1.32. The minimum Gasteiger partial charge on any atom is -0.482 e. The van der Waals surface area contributed by atoms with Crippen LogP contribution in [0.4, 0.5) is 0 Å². The Bertz CT molecular complexity index is 977. The van der Waals surface area contributed by atoms with Crippen LogP contribution in [-0.2, 0) is 9.53 Å². The Morgan fingerprint density at radius 3 is 2.52 bits per heavy atom. The van der Waals surface area contributed by atoms with Gasteiger partial charge in [0.2, 0.25) is 0 Å². The number of H-pyrrole nitrogens is 1. The van der Waals surface area contributed by atoms with Gasteiger partial charge in [-0.2, -0.15) is 0 Å². The smallest absolute Gasteiger partial charge is 0.343 e. The maximum Gasteiger partial charge on any atom is 0.343 e. The minimum absolute atomic E-state index is 0.0387. The number of hydrogen-bond donors (Lipinski definition) is 3. The summed E-state index contributed by atoms with van der Waals surface area (Å²) in [6.45, 7) is 1.78. The molecule has 0 unspecified atom stereocenters. The molecule has 138 valence electrons. The van der Waals surface area contributed by atoms with Gasteiger partial charge in [-0.05, 0) is 36.2 Å². The summed E-state index contributed by atoms with van der Waals surface area (Å²) in [6, 6.07) is 13.0. The lowest BCUT2D eigenvalue weighted by molar-refractivity contribution is -0.142. The number of hydrogen-bond acceptors (Lipinski definition) is 5. The zero-order chi connectivity index (χ0) is 19.4. The fourth-order valence-electron chi connectivity index (χ4n) is 2.60. The minimum atomic E-state index is -0.426. The number of nitrogen functional groups attached to an aromatic ring is 1.